The number of carbonyl (C=O) groups excluding carboxylic acids is 1. The molecule has 238 valence electrons. The Labute approximate surface area is 264 Å². The lowest BCUT2D eigenvalue weighted by Crippen LogP contribution is -2.50. The number of carbonyl (C=O) groups is 1. The van der Waals surface area contributed by atoms with Crippen LogP contribution in [0.25, 0.3) is 22.3 Å². The fraction of sp³-hybridized carbons (Fsp3) is 0.471. The smallest absolute Gasteiger partial charge is 0.410 e. The number of ether oxygens (including phenoxy) is 3. The lowest BCUT2D eigenvalue weighted by molar-refractivity contribution is 0.0142. The van der Waals surface area contributed by atoms with Gasteiger partial charge in [0.25, 0.3) is 0 Å². The molecular weight excluding hydrogens is 570 g/mol. The van der Waals surface area contributed by atoms with Gasteiger partial charge in [0, 0.05) is 80.6 Å². The van der Waals surface area contributed by atoms with Crippen molar-refractivity contribution in [2.75, 3.05) is 58.4 Å². The highest BCUT2D eigenvalue weighted by Gasteiger charge is 2.27. The number of anilines is 2. The van der Waals surface area contributed by atoms with Gasteiger partial charge in [-0.3, -0.25) is 14.6 Å². The number of benzene rings is 2. The van der Waals surface area contributed by atoms with Gasteiger partial charge in [0.1, 0.15) is 17.1 Å². The minimum atomic E-state index is -0.481. The molecule has 6 rings (SSSR count). The van der Waals surface area contributed by atoms with Gasteiger partial charge in [0.15, 0.2) is 0 Å². The molecule has 0 unspecified atom stereocenters. The molecule has 2 aromatic carbocycles. The molecule has 2 fully saturated rings. The van der Waals surface area contributed by atoms with Crippen LogP contribution in [-0.4, -0.2) is 94.7 Å². The van der Waals surface area contributed by atoms with E-state index in [1.807, 2.05) is 68.3 Å². The molecule has 2 aliphatic rings. The number of aromatic nitrogens is 4. The van der Waals surface area contributed by atoms with E-state index in [0.29, 0.717) is 19.0 Å². The summed E-state index contributed by atoms with van der Waals surface area (Å²) in [5.41, 5.74) is 4.98. The van der Waals surface area contributed by atoms with Gasteiger partial charge in [-0.2, -0.15) is 5.10 Å². The number of methoxy groups -OCH3 is 2. The van der Waals surface area contributed by atoms with Crippen LogP contribution in [0.1, 0.15) is 33.6 Å². The Morgan fingerprint density at radius 2 is 1.64 bits per heavy atom. The van der Waals surface area contributed by atoms with Crippen molar-refractivity contribution in [1.29, 1.82) is 0 Å². The summed E-state index contributed by atoms with van der Waals surface area (Å²) < 4.78 is 18.6. The van der Waals surface area contributed by atoms with Crippen LogP contribution in [0.4, 0.5) is 16.2 Å². The van der Waals surface area contributed by atoms with E-state index in [9.17, 15) is 4.79 Å². The average Bonchev–Trinajstić information content (AvgIpc) is 3.74. The predicted octanol–water partition coefficient (Wildman–Crippen LogP) is 5.61. The zero-order valence-corrected chi connectivity index (χ0v) is 26.9. The van der Waals surface area contributed by atoms with Gasteiger partial charge in [-0.05, 0) is 57.7 Å². The minimum absolute atomic E-state index is 0.237. The largest absolute Gasteiger partial charge is 0.497 e. The molecule has 0 bridgehead atoms. The van der Waals surface area contributed by atoms with Crippen LogP contribution in [0.15, 0.2) is 55.0 Å². The van der Waals surface area contributed by atoms with E-state index in [1.165, 1.54) is 12.8 Å². The summed E-state index contributed by atoms with van der Waals surface area (Å²) in [4.78, 5) is 28.6. The Morgan fingerprint density at radius 3 is 2.31 bits per heavy atom. The summed E-state index contributed by atoms with van der Waals surface area (Å²) >= 11 is 0. The summed E-state index contributed by atoms with van der Waals surface area (Å²) in [6.45, 7) is 11.1. The topological polar surface area (TPSA) is 98.1 Å². The molecule has 1 amide bonds. The fourth-order valence-electron chi connectivity index (χ4n) is 5.52. The van der Waals surface area contributed by atoms with Crippen LogP contribution in [0.2, 0.25) is 0 Å². The Kier molecular flexibility index (Phi) is 8.80. The van der Waals surface area contributed by atoms with Crippen molar-refractivity contribution in [2.24, 2.45) is 5.92 Å². The highest BCUT2D eigenvalue weighted by Crippen LogP contribution is 2.38. The zero-order chi connectivity index (χ0) is 31.6. The number of amides is 1. The number of hydrogen-bond acceptors (Lipinski definition) is 9. The maximum atomic E-state index is 12.4. The molecule has 0 N–H and O–H groups in total. The Morgan fingerprint density at radius 1 is 0.911 bits per heavy atom. The Bertz CT molecular complexity index is 1620. The van der Waals surface area contributed by atoms with Crippen molar-refractivity contribution in [3.05, 3.63) is 55.0 Å². The maximum Gasteiger partial charge on any atom is 0.410 e. The van der Waals surface area contributed by atoms with Gasteiger partial charge in [0.2, 0.25) is 0 Å². The highest BCUT2D eigenvalue weighted by atomic mass is 16.6. The van der Waals surface area contributed by atoms with E-state index >= 15 is 0 Å². The van der Waals surface area contributed by atoms with Crippen LogP contribution in [0.3, 0.4) is 0 Å². The first kappa shape index (κ1) is 30.6. The van der Waals surface area contributed by atoms with Crippen LogP contribution < -0.4 is 14.4 Å². The first-order valence-electron chi connectivity index (χ1n) is 15.7. The standard InChI is InChI=1S/C34H43N7O4/c1-34(2,3)45-33(42)39-13-10-38(11-14-39)12-15-40-23-25(20-36-40)32-21-35-30-9-8-26(18-31(30)37-32)41(22-24-6-7-24)27-16-28(43-4)19-29(17-27)44-5/h8-9,16-21,23-24H,6-7,10-15,22H2,1-5H3. The quantitative estimate of drug-likeness (QED) is 0.226. The van der Waals surface area contributed by atoms with Crippen molar-refractivity contribution < 1.29 is 19.0 Å². The van der Waals surface area contributed by atoms with E-state index in [0.717, 1.165) is 77.9 Å². The molecule has 1 aliphatic carbocycles. The van der Waals surface area contributed by atoms with Crippen molar-refractivity contribution in [2.45, 2.75) is 45.8 Å². The first-order valence-corrected chi connectivity index (χ1v) is 15.7. The van der Waals surface area contributed by atoms with E-state index in [-0.39, 0.29) is 6.09 Å². The molecule has 0 atom stereocenters. The minimum Gasteiger partial charge on any atom is -0.497 e. The normalized spacial score (nSPS) is 15.7. The molecule has 1 aliphatic heterocycles. The molecule has 45 heavy (non-hydrogen) atoms. The third kappa shape index (κ3) is 7.65. The molecule has 4 aromatic rings. The van der Waals surface area contributed by atoms with Gasteiger partial charge < -0.3 is 24.0 Å². The van der Waals surface area contributed by atoms with Gasteiger partial charge >= 0.3 is 6.09 Å². The van der Waals surface area contributed by atoms with E-state index in [4.69, 9.17) is 24.2 Å². The van der Waals surface area contributed by atoms with Gasteiger partial charge in [-0.25, -0.2) is 9.78 Å². The van der Waals surface area contributed by atoms with Gasteiger partial charge in [-0.15, -0.1) is 0 Å². The molecule has 11 heteroatoms. The predicted molar refractivity (Wildman–Crippen MR) is 174 cm³/mol. The summed E-state index contributed by atoms with van der Waals surface area (Å²) in [7, 11) is 3.35. The fourth-order valence-corrected chi connectivity index (χ4v) is 5.52. The molecular formula is C34H43N7O4. The number of nitrogens with zero attached hydrogens (tertiary/aromatic N) is 7. The Hall–Kier alpha value is -4.38. The second-order valence-corrected chi connectivity index (χ2v) is 12.9. The van der Waals surface area contributed by atoms with E-state index in [1.54, 1.807) is 19.1 Å². The number of piperazine rings is 1. The van der Waals surface area contributed by atoms with Crippen LogP contribution in [0.5, 0.6) is 11.5 Å². The second kappa shape index (κ2) is 12.9. The summed E-state index contributed by atoms with van der Waals surface area (Å²) in [6.07, 6.45) is 7.93. The third-order valence-corrected chi connectivity index (χ3v) is 8.22. The highest BCUT2D eigenvalue weighted by molar-refractivity contribution is 5.82. The summed E-state index contributed by atoms with van der Waals surface area (Å²) in [5.74, 6) is 2.18. The molecule has 1 saturated heterocycles. The number of rotatable bonds is 10. The third-order valence-electron chi connectivity index (χ3n) is 8.22. The average molecular weight is 614 g/mol. The number of hydrogen-bond donors (Lipinski definition) is 0. The Balaban J connectivity index is 1.14. The number of fused-ring (bicyclic) bond motifs is 1. The van der Waals surface area contributed by atoms with Crippen LogP contribution in [0, 0.1) is 5.92 Å². The van der Waals surface area contributed by atoms with Crippen molar-refractivity contribution in [3.63, 3.8) is 0 Å². The molecule has 1 saturated carbocycles. The van der Waals surface area contributed by atoms with E-state index in [2.05, 4.69) is 27.0 Å². The van der Waals surface area contributed by atoms with Crippen molar-refractivity contribution >= 4 is 28.5 Å². The van der Waals surface area contributed by atoms with E-state index < -0.39 is 5.60 Å². The van der Waals surface area contributed by atoms with Gasteiger partial charge in [-0.1, -0.05) is 0 Å². The zero-order valence-electron chi connectivity index (χ0n) is 26.9. The monoisotopic (exact) mass is 613 g/mol. The maximum absolute atomic E-state index is 12.4. The molecule has 11 nitrogen and oxygen atoms in total. The van der Waals surface area contributed by atoms with Crippen LogP contribution >= 0.6 is 0 Å². The molecule has 0 spiro atoms. The lowest BCUT2D eigenvalue weighted by atomic mass is 10.1. The lowest BCUT2D eigenvalue weighted by Gasteiger charge is -2.35. The van der Waals surface area contributed by atoms with Gasteiger partial charge in [0.05, 0.1) is 49.9 Å². The first-order chi connectivity index (χ1) is 21.7. The summed E-state index contributed by atoms with van der Waals surface area (Å²) in [6, 6.07) is 12.2. The van der Waals surface area contributed by atoms with Crippen molar-refractivity contribution in [3.8, 4) is 22.8 Å². The SMILES string of the molecule is COc1cc(OC)cc(N(CC2CC2)c2ccc3ncc(-c4cnn(CCN5CCN(C(=O)OC(C)(C)C)CC5)c4)nc3c2)c1. The molecule has 0 radical (unpaired) electrons. The molecule has 2 aromatic heterocycles. The van der Waals surface area contributed by atoms with Crippen molar-refractivity contribution in [1.82, 2.24) is 29.5 Å². The summed E-state index contributed by atoms with van der Waals surface area (Å²) in [5, 5.41) is 4.60. The van der Waals surface area contributed by atoms with Crippen LogP contribution in [-0.2, 0) is 11.3 Å². The second-order valence-electron chi connectivity index (χ2n) is 12.9. The molecule has 3 heterocycles.